The van der Waals surface area contributed by atoms with Gasteiger partial charge in [0, 0.05) is 12.2 Å². The molecule has 1 aromatic heterocycles. The lowest BCUT2D eigenvalue weighted by molar-refractivity contribution is 0.0914. The number of aromatic nitrogens is 1. The number of carbonyl (C=O) groups is 1. The molecule has 1 fully saturated rings. The highest BCUT2D eigenvalue weighted by Gasteiger charge is 2.21. The third-order valence-electron chi connectivity index (χ3n) is 2.49. The average Bonchev–Trinajstić information content (AvgIpc) is 2.12. The fourth-order valence-corrected chi connectivity index (χ4v) is 1.39. The van der Waals surface area contributed by atoms with Crippen molar-refractivity contribution in [2.45, 2.75) is 25.3 Å². The van der Waals surface area contributed by atoms with Crippen molar-refractivity contribution in [2.24, 2.45) is 0 Å². The SMILES string of the molecule is O=C(NC1CCC1)c1ccncc1O. The van der Waals surface area contributed by atoms with Gasteiger partial charge in [-0.3, -0.25) is 9.78 Å². The van der Waals surface area contributed by atoms with Crippen molar-refractivity contribution < 1.29 is 9.90 Å². The topological polar surface area (TPSA) is 62.2 Å². The van der Waals surface area contributed by atoms with Crippen LogP contribution in [0.4, 0.5) is 0 Å². The van der Waals surface area contributed by atoms with E-state index in [2.05, 4.69) is 10.3 Å². The van der Waals surface area contributed by atoms with E-state index in [1.165, 1.54) is 24.9 Å². The summed E-state index contributed by atoms with van der Waals surface area (Å²) < 4.78 is 0. The summed E-state index contributed by atoms with van der Waals surface area (Å²) in [4.78, 5) is 15.3. The zero-order valence-electron chi connectivity index (χ0n) is 7.73. The smallest absolute Gasteiger partial charge is 0.255 e. The first-order valence-electron chi connectivity index (χ1n) is 4.71. The van der Waals surface area contributed by atoms with Crippen LogP contribution in [0.1, 0.15) is 29.6 Å². The zero-order valence-corrected chi connectivity index (χ0v) is 7.73. The molecule has 1 aliphatic rings. The molecule has 2 rings (SSSR count). The zero-order chi connectivity index (χ0) is 9.97. The molecule has 0 unspecified atom stereocenters. The second-order valence-corrected chi connectivity index (χ2v) is 3.49. The van der Waals surface area contributed by atoms with Gasteiger partial charge >= 0.3 is 0 Å². The lowest BCUT2D eigenvalue weighted by Crippen LogP contribution is -2.39. The van der Waals surface area contributed by atoms with Gasteiger partial charge < -0.3 is 10.4 Å². The number of hydrogen-bond acceptors (Lipinski definition) is 3. The summed E-state index contributed by atoms with van der Waals surface area (Å²) in [6.45, 7) is 0. The van der Waals surface area contributed by atoms with Crippen molar-refractivity contribution in [1.82, 2.24) is 10.3 Å². The Hall–Kier alpha value is -1.58. The van der Waals surface area contributed by atoms with Gasteiger partial charge in [0.1, 0.15) is 5.75 Å². The minimum Gasteiger partial charge on any atom is -0.505 e. The van der Waals surface area contributed by atoms with Crippen LogP contribution < -0.4 is 5.32 Å². The van der Waals surface area contributed by atoms with Crippen LogP contribution in [0.2, 0.25) is 0 Å². The summed E-state index contributed by atoms with van der Waals surface area (Å²) in [6.07, 6.45) is 6.02. The Morgan fingerprint density at radius 3 is 2.93 bits per heavy atom. The van der Waals surface area contributed by atoms with E-state index in [-0.39, 0.29) is 17.7 Å². The number of aromatic hydroxyl groups is 1. The van der Waals surface area contributed by atoms with Gasteiger partial charge in [-0.1, -0.05) is 0 Å². The maximum absolute atomic E-state index is 11.6. The lowest BCUT2D eigenvalue weighted by atomic mass is 9.93. The Morgan fingerprint density at radius 1 is 1.57 bits per heavy atom. The Balaban J connectivity index is 2.06. The summed E-state index contributed by atoms with van der Waals surface area (Å²) in [5.41, 5.74) is 0.298. The second kappa shape index (κ2) is 3.65. The molecular formula is C10H12N2O2. The molecule has 4 nitrogen and oxygen atoms in total. The van der Waals surface area contributed by atoms with Crippen LogP contribution in [0.15, 0.2) is 18.5 Å². The standard InChI is InChI=1S/C10H12N2O2/c13-9-6-11-5-4-8(9)10(14)12-7-2-1-3-7/h4-7,13H,1-3H2,(H,12,14). The molecule has 1 heterocycles. The van der Waals surface area contributed by atoms with Crippen LogP contribution >= 0.6 is 0 Å². The molecule has 4 heteroatoms. The molecule has 1 amide bonds. The van der Waals surface area contributed by atoms with Gasteiger partial charge in [0.2, 0.25) is 0 Å². The third kappa shape index (κ3) is 1.69. The first-order chi connectivity index (χ1) is 6.77. The van der Waals surface area contributed by atoms with Crippen LogP contribution in [0, 0.1) is 0 Å². The van der Waals surface area contributed by atoms with Crippen molar-refractivity contribution in [3.63, 3.8) is 0 Å². The molecular weight excluding hydrogens is 180 g/mol. The number of amides is 1. The fraction of sp³-hybridized carbons (Fsp3) is 0.400. The Bertz CT molecular complexity index is 348. The van der Waals surface area contributed by atoms with Gasteiger partial charge in [0.25, 0.3) is 5.91 Å². The Labute approximate surface area is 82.0 Å². The van der Waals surface area contributed by atoms with Gasteiger partial charge in [-0.2, -0.15) is 0 Å². The first-order valence-corrected chi connectivity index (χ1v) is 4.71. The maximum Gasteiger partial charge on any atom is 0.255 e. The van der Waals surface area contributed by atoms with E-state index in [4.69, 9.17) is 0 Å². The van der Waals surface area contributed by atoms with Crippen LogP contribution in [0.25, 0.3) is 0 Å². The largest absolute Gasteiger partial charge is 0.505 e. The molecule has 0 aromatic carbocycles. The van der Waals surface area contributed by atoms with E-state index in [0.717, 1.165) is 12.8 Å². The molecule has 1 aromatic rings. The van der Waals surface area contributed by atoms with Crippen molar-refractivity contribution in [3.05, 3.63) is 24.0 Å². The number of nitrogens with one attached hydrogen (secondary N) is 1. The fourth-order valence-electron chi connectivity index (χ4n) is 1.39. The van der Waals surface area contributed by atoms with Gasteiger partial charge in [-0.15, -0.1) is 0 Å². The number of nitrogens with zero attached hydrogens (tertiary/aromatic N) is 1. The lowest BCUT2D eigenvalue weighted by Gasteiger charge is -2.26. The summed E-state index contributed by atoms with van der Waals surface area (Å²) in [7, 11) is 0. The molecule has 0 bridgehead atoms. The van der Waals surface area contributed by atoms with Gasteiger partial charge in [-0.25, -0.2) is 0 Å². The number of pyridine rings is 1. The molecule has 0 atom stereocenters. The minimum absolute atomic E-state index is 0.0654. The summed E-state index contributed by atoms with van der Waals surface area (Å²) in [5, 5.41) is 12.2. The molecule has 0 aliphatic heterocycles. The number of rotatable bonds is 2. The molecule has 74 valence electrons. The normalized spacial score (nSPS) is 16.0. The van der Waals surface area contributed by atoms with E-state index in [1.807, 2.05) is 0 Å². The highest BCUT2D eigenvalue weighted by atomic mass is 16.3. The van der Waals surface area contributed by atoms with Crippen LogP contribution in [0.3, 0.4) is 0 Å². The highest BCUT2D eigenvalue weighted by molar-refractivity contribution is 5.96. The van der Waals surface area contributed by atoms with Crippen LogP contribution in [-0.4, -0.2) is 22.0 Å². The molecule has 0 radical (unpaired) electrons. The van der Waals surface area contributed by atoms with E-state index >= 15 is 0 Å². The van der Waals surface area contributed by atoms with Gasteiger partial charge in [0.05, 0.1) is 11.8 Å². The van der Waals surface area contributed by atoms with Crippen molar-refractivity contribution in [2.75, 3.05) is 0 Å². The van der Waals surface area contributed by atoms with Crippen LogP contribution in [0.5, 0.6) is 5.75 Å². The molecule has 1 saturated carbocycles. The van der Waals surface area contributed by atoms with E-state index < -0.39 is 0 Å². The monoisotopic (exact) mass is 192 g/mol. The predicted octanol–water partition coefficient (Wildman–Crippen LogP) is 1.07. The van der Waals surface area contributed by atoms with Crippen molar-refractivity contribution >= 4 is 5.91 Å². The quantitative estimate of drug-likeness (QED) is 0.736. The molecule has 14 heavy (non-hydrogen) atoms. The molecule has 2 N–H and O–H groups in total. The molecule has 0 saturated heterocycles. The van der Waals surface area contributed by atoms with Crippen molar-refractivity contribution in [1.29, 1.82) is 0 Å². The first kappa shape index (κ1) is 8.99. The average molecular weight is 192 g/mol. The van der Waals surface area contributed by atoms with E-state index in [9.17, 15) is 9.90 Å². The number of carbonyl (C=O) groups excluding carboxylic acids is 1. The van der Waals surface area contributed by atoms with E-state index in [0.29, 0.717) is 5.56 Å². The van der Waals surface area contributed by atoms with E-state index in [1.54, 1.807) is 0 Å². The summed E-state index contributed by atoms with van der Waals surface area (Å²) >= 11 is 0. The summed E-state index contributed by atoms with van der Waals surface area (Å²) in [6, 6.07) is 1.80. The Kier molecular flexibility index (Phi) is 2.35. The number of hydrogen-bond donors (Lipinski definition) is 2. The minimum atomic E-state index is -0.213. The summed E-state index contributed by atoms with van der Waals surface area (Å²) in [5.74, 6) is -0.279. The van der Waals surface area contributed by atoms with Gasteiger partial charge in [-0.05, 0) is 25.3 Å². The molecule has 0 spiro atoms. The van der Waals surface area contributed by atoms with Gasteiger partial charge in [0.15, 0.2) is 0 Å². The maximum atomic E-state index is 11.6. The predicted molar refractivity (Wildman–Crippen MR) is 51.0 cm³/mol. The molecule has 1 aliphatic carbocycles. The Morgan fingerprint density at radius 2 is 2.36 bits per heavy atom. The van der Waals surface area contributed by atoms with Crippen molar-refractivity contribution in [3.8, 4) is 5.75 Å². The highest BCUT2D eigenvalue weighted by Crippen LogP contribution is 2.20. The second-order valence-electron chi connectivity index (χ2n) is 3.49. The third-order valence-corrected chi connectivity index (χ3v) is 2.49. The van der Waals surface area contributed by atoms with Crippen LogP contribution in [-0.2, 0) is 0 Å².